The van der Waals surface area contributed by atoms with E-state index in [9.17, 15) is 0 Å². The van der Waals surface area contributed by atoms with Crippen LogP contribution in [0.3, 0.4) is 0 Å². The molecule has 2 aromatic heterocycles. The third kappa shape index (κ3) is 4.96. The molecule has 0 radical (unpaired) electrons. The predicted molar refractivity (Wildman–Crippen MR) is 110 cm³/mol. The van der Waals surface area contributed by atoms with Gasteiger partial charge in [0, 0.05) is 18.0 Å². The van der Waals surface area contributed by atoms with E-state index in [1.807, 2.05) is 30.5 Å². The summed E-state index contributed by atoms with van der Waals surface area (Å²) in [5, 5.41) is 14.7. The van der Waals surface area contributed by atoms with Crippen LogP contribution in [-0.2, 0) is 0 Å². The Bertz CT molecular complexity index is 876. The van der Waals surface area contributed by atoms with Crippen LogP contribution >= 0.6 is 23.1 Å². The Labute approximate surface area is 166 Å². The fraction of sp³-hybridized carbons (Fsp3) is 0.412. The fourth-order valence-electron chi connectivity index (χ4n) is 2.56. The Kier molecular flexibility index (Phi) is 6.30. The lowest BCUT2D eigenvalue weighted by Gasteiger charge is -2.17. The minimum Gasteiger partial charge on any atom is -0.493 e. The summed E-state index contributed by atoms with van der Waals surface area (Å²) in [7, 11) is 4.13. The van der Waals surface area contributed by atoms with Crippen LogP contribution < -0.4 is 10.5 Å². The number of anilines is 1. The normalized spacial score (nSPS) is 12.5. The number of thioether (sulfide) groups is 1. The standard InChI is InChI=1S/C17H23N7OS2/c1-11(9-23(2)3)10-25-13-7-5-12(6-8-13)14-20-21-17(27-14)24-15(18)19-16(22-24)26-4/h5-8,11H,9-10H2,1-4H3,(H2,18,19,22). The summed E-state index contributed by atoms with van der Waals surface area (Å²) in [4.78, 5) is 6.32. The molecule has 3 aromatic rings. The molecule has 1 aromatic carbocycles. The number of hydrogen-bond acceptors (Lipinski definition) is 9. The van der Waals surface area contributed by atoms with Crippen molar-refractivity contribution in [2.24, 2.45) is 5.92 Å². The highest BCUT2D eigenvalue weighted by atomic mass is 32.2. The van der Waals surface area contributed by atoms with Gasteiger partial charge in [0.1, 0.15) is 10.8 Å². The molecular formula is C17H23N7OS2. The maximum Gasteiger partial charge on any atom is 0.236 e. The zero-order chi connectivity index (χ0) is 19.4. The van der Waals surface area contributed by atoms with Crippen LogP contribution in [0, 0.1) is 5.92 Å². The number of nitrogens with two attached hydrogens (primary N) is 1. The molecule has 0 aliphatic carbocycles. The van der Waals surface area contributed by atoms with Crippen LogP contribution in [0.1, 0.15) is 6.92 Å². The van der Waals surface area contributed by atoms with Gasteiger partial charge >= 0.3 is 0 Å². The van der Waals surface area contributed by atoms with Crippen molar-refractivity contribution in [1.29, 1.82) is 0 Å². The third-order valence-electron chi connectivity index (χ3n) is 3.70. The molecule has 1 unspecified atom stereocenters. The number of aromatic nitrogens is 5. The Morgan fingerprint density at radius 1 is 1.26 bits per heavy atom. The lowest BCUT2D eigenvalue weighted by atomic mass is 10.2. The Morgan fingerprint density at radius 3 is 2.63 bits per heavy atom. The summed E-state index contributed by atoms with van der Waals surface area (Å²) in [6.45, 7) is 3.86. The second-order valence-electron chi connectivity index (χ2n) is 6.46. The van der Waals surface area contributed by atoms with Gasteiger partial charge in [0.05, 0.1) is 6.61 Å². The largest absolute Gasteiger partial charge is 0.493 e. The first-order valence-electron chi connectivity index (χ1n) is 8.44. The van der Waals surface area contributed by atoms with Crippen molar-refractivity contribution in [2.75, 3.05) is 39.2 Å². The van der Waals surface area contributed by atoms with Gasteiger partial charge in [0.25, 0.3) is 0 Å². The summed E-state index contributed by atoms with van der Waals surface area (Å²) >= 11 is 2.84. The lowest BCUT2D eigenvalue weighted by Crippen LogP contribution is -2.24. The summed E-state index contributed by atoms with van der Waals surface area (Å²) < 4.78 is 7.37. The first kappa shape index (κ1) is 19.6. The molecule has 0 saturated carbocycles. The molecule has 0 fully saturated rings. The second kappa shape index (κ2) is 8.68. The van der Waals surface area contributed by atoms with Gasteiger partial charge in [-0.15, -0.1) is 15.3 Å². The topological polar surface area (TPSA) is 95.0 Å². The van der Waals surface area contributed by atoms with Crippen molar-refractivity contribution in [1.82, 2.24) is 29.9 Å². The molecule has 144 valence electrons. The molecule has 27 heavy (non-hydrogen) atoms. The van der Waals surface area contributed by atoms with Crippen molar-refractivity contribution in [2.45, 2.75) is 12.1 Å². The molecule has 0 spiro atoms. The minimum absolute atomic E-state index is 0.303. The van der Waals surface area contributed by atoms with E-state index in [-0.39, 0.29) is 0 Å². The Balaban J connectivity index is 1.67. The smallest absolute Gasteiger partial charge is 0.236 e. The van der Waals surface area contributed by atoms with Crippen LogP contribution in [0.25, 0.3) is 15.7 Å². The molecule has 0 amide bonds. The molecular weight excluding hydrogens is 382 g/mol. The fourth-order valence-corrected chi connectivity index (χ4v) is 3.72. The monoisotopic (exact) mass is 405 g/mol. The summed E-state index contributed by atoms with van der Waals surface area (Å²) in [6, 6.07) is 7.87. The van der Waals surface area contributed by atoms with Crippen molar-refractivity contribution < 1.29 is 4.74 Å². The molecule has 10 heteroatoms. The van der Waals surface area contributed by atoms with E-state index in [4.69, 9.17) is 10.5 Å². The molecule has 8 nitrogen and oxygen atoms in total. The number of nitrogens with zero attached hydrogens (tertiary/aromatic N) is 6. The van der Waals surface area contributed by atoms with E-state index in [2.05, 4.69) is 46.2 Å². The molecule has 3 rings (SSSR count). The molecule has 0 aliphatic heterocycles. The van der Waals surface area contributed by atoms with Crippen molar-refractivity contribution in [3.05, 3.63) is 24.3 Å². The first-order valence-corrected chi connectivity index (χ1v) is 10.5. The van der Waals surface area contributed by atoms with Crippen molar-refractivity contribution in [3.8, 4) is 21.5 Å². The van der Waals surface area contributed by atoms with Gasteiger partial charge < -0.3 is 15.4 Å². The number of hydrogen-bond donors (Lipinski definition) is 1. The first-order chi connectivity index (χ1) is 13.0. The van der Waals surface area contributed by atoms with E-state index >= 15 is 0 Å². The third-order valence-corrected chi connectivity index (χ3v) is 5.19. The Hall–Kier alpha value is -2.17. The van der Waals surface area contributed by atoms with Gasteiger partial charge in [-0.1, -0.05) is 30.0 Å². The van der Waals surface area contributed by atoms with Gasteiger partial charge in [-0.05, 0) is 44.6 Å². The zero-order valence-corrected chi connectivity index (χ0v) is 17.4. The lowest BCUT2D eigenvalue weighted by molar-refractivity contribution is 0.222. The molecule has 0 bridgehead atoms. The number of ether oxygens (including phenoxy) is 1. The SMILES string of the molecule is CSc1nc(N)n(-c2nnc(-c3ccc(OCC(C)CN(C)C)cc3)s2)n1. The summed E-state index contributed by atoms with van der Waals surface area (Å²) in [6.07, 6.45) is 1.90. The van der Waals surface area contributed by atoms with Crippen LogP contribution in [0.4, 0.5) is 5.95 Å². The Morgan fingerprint density at radius 2 is 2.00 bits per heavy atom. The average Bonchev–Trinajstić information content (AvgIpc) is 3.26. The highest BCUT2D eigenvalue weighted by Gasteiger charge is 2.14. The van der Waals surface area contributed by atoms with Gasteiger partial charge in [-0.25, -0.2) is 0 Å². The quantitative estimate of drug-likeness (QED) is 0.572. The van der Waals surface area contributed by atoms with E-state index in [0.717, 1.165) is 22.9 Å². The van der Waals surface area contributed by atoms with Crippen molar-refractivity contribution >= 4 is 29.0 Å². The van der Waals surface area contributed by atoms with Gasteiger partial charge in [0.15, 0.2) is 0 Å². The van der Waals surface area contributed by atoms with Gasteiger partial charge in [0.2, 0.25) is 16.2 Å². The number of nitrogen functional groups attached to an aromatic ring is 1. The van der Waals surface area contributed by atoms with Crippen molar-refractivity contribution in [3.63, 3.8) is 0 Å². The zero-order valence-electron chi connectivity index (χ0n) is 15.8. The molecule has 2 heterocycles. The predicted octanol–water partition coefficient (Wildman–Crippen LogP) is 2.67. The minimum atomic E-state index is 0.303. The molecule has 1 atom stereocenters. The van der Waals surface area contributed by atoms with Crippen LogP contribution in [0.2, 0.25) is 0 Å². The summed E-state index contributed by atoms with van der Waals surface area (Å²) in [5.74, 6) is 1.61. The highest BCUT2D eigenvalue weighted by molar-refractivity contribution is 7.98. The number of benzene rings is 1. The van der Waals surface area contributed by atoms with Crippen LogP contribution in [-0.4, -0.2) is 63.4 Å². The van der Waals surface area contributed by atoms with E-state index in [1.54, 1.807) is 0 Å². The average molecular weight is 406 g/mol. The van der Waals surface area contributed by atoms with E-state index in [1.165, 1.54) is 27.8 Å². The maximum atomic E-state index is 5.90. The van der Waals surface area contributed by atoms with Crippen LogP contribution in [0.15, 0.2) is 29.4 Å². The highest BCUT2D eigenvalue weighted by Crippen LogP contribution is 2.28. The van der Waals surface area contributed by atoms with E-state index < -0.39 is 0 Å². The molecule has 2 N–H and O–H groups in total. The second-order valence-corrected chi connectivity index (χ2v) is 8.19. The number of rotatable bonds is 8. The van der Waals surface area contributed by atoms with E-state index in [0.29, 0.717) is 28.8 Å². The molecule has 0 aliphatic rings. The summed E-state index contributed by atoms with van der Waals surface area (Å²) in [5.41, 5.74) is 6.87. The maximum absolute atomic E-state index is 5.90. The molecule has 0 saturated heterocycles. The van der Waals surface area contributed by atoms with Crippen LogP contribution in [0.5, 0.6) is 5.75 Å². The van der Waals surface area contributed by atoms with Gasteiger partial charge in [-0.2, -0.15) is 9.67 Å². The van der Waals surface area contributed by atoms with Gasteiger partial charge in [-0.3, -0.25) is 0 Å².